The lowest BCUT2D eigenvalue weighted by Crippen LogP contribution is -2.32. The standard InChI is InChI=1S/C11H12NO/c1-9(13)12-8-4-6-10-5-2-3-7-11(10)12/h2-3,5-7H,4,8H2,1H3. The van der Waals surface area contributed by atoms with Gasteiger partial charge in [0.2, 0.25) is 5.91 Å². The van der Waals surface area contributed by atoms with Crippen molar-refractivity contribution in [3.05, 3.63) is 36.2 Å². The van der Waals surface area contributed by atoms with E-state index in [2.05, 4.69) is 6.42 Å². The predicted octanol–water partition coefficient (Wildman–Crippen LogP) is 2.00. The molecule has 0 unspecified atom stereocenters. The van der Waals surface area contributed by atoms with E-state index in [0.29, 0.717) is 0 Å². The summed E-state index contributed by atoms with van der Waals surface area (Å²) in [6.45, 7) is 2.43. The zero-order valence-electron chi connectivity index (χ0n) is 7.66. The third-order valence-corrected chi connectivity index (χ3v) is 2.32. The summed E-state index contributed by atoms with van der Waals surface area (Å²) in [5, 5.41) is 0. The van der Waals surface area contributed by atoms with Gasteiger partial charge in [-0.1, -0.05) is 18.2 Å². The van der Waals surface area contributed by atoms with Gasteiger partial charge in [-0.3, -0.25) is 4.79 Å². The van der Waals surface area contributed by atoms with Gasteiger partial charge >= 0.3 is 0 Å². The summed E-state index contributed by atoms with van der Waals surface area (Å²) >= 11 is 0. The number of hydrogen-bond acceptors (Lipinski definition) is 1. The topological polar surface area (TPSA) is 20.3 Å². The van der Waals surface area contributed by atoms with Gasteiger partial charge in [0.25, 0.3) is 0 Å². The molecule has 1 radical (unpaired) electrons. The number of nitrogens with zero attached hydrogens (tertiary/aromatic N) is 1. The minimum atomic E-state index is 0.126. The van der Waals surface area contributed by atoms with Crippen LogP contribution in [0.5, 0.6) is 0 Å². The normalized spacial score (nSPS) is 15.3. The maximum absolute atomic E-state index is 11.3. The van der Waals surface area contributed by atoms with E-state index in [1.807, 2.05) is 29.2 Å². The van der Waals surface area contributed by atoms with Gasteiger partial charge in [0.05, 0.1) is 0 Å². The Kier molecular flexibility index (Phi) is 2.05. The van der Waals surface area contributed by atoms with Gasteiger partial charge in [-0.15, -0.1) is 0 Å². The van der Waals surface area contributed by atoms with Crippen molar-refractivity contribution in [3.63, 3.8) is 0 Å². The van der Waals surface area contributed by atoms with Gasteiger partial charge in [0.1, 0.15) is 0 Å². The Morgan fingerprint density at radius 2 is 2.15 bits per heavy atom. The fraction of sp³-hybridized carbons (Fsp3) is 0.273. The predicted molar refractivity (Wildman–Crippen MR) is 52.5 cm³/mol. The SMILES string of the molecule is CC(=O)N1CC[CH]c2ccccc21. The molecule has 1 aromatic rings. The van der Waals surface area contributed by atoms with Crippen molar-refractivity contribution in [1.82, 2.24) is 0 Å². The lowest BCUT2D eigenvalue weighted by atomic mass is 10.0. The lowest BCUT2D eigenvalue weighted by Gasteiger charge is -2.28. The van der Waals surface area contributed by atoms with Gasteiger partial charge in [-0.2, -0.15) is 0 Å². The summed E-state index contributed by atoms with van der Waals surface area (Å²) in [6, 6.07) is 8.00. The van der Waals surface area contributed by atoms with Gasteiger partial charge in [-0.25, -0.2) is 0 Å². The van der Waals surface area contributed by atoms with Crippen molar-refractivity contribution in [2.75, 3.05) is 11.4 Å². The van der Waals surface area contributed by atoms with Crippen molar-refractivity contribution < 1.29 is 4.79 Å². The Bertz CT molecular complexity index is 333. The van der Waals surface area contributed by atoms with Crippen molar-refractivity contribution >= 4 is 11.6 Å². The molecular formula is C11H12NO. The molecule has 13 heavy (non-hydrogen) atoms. The summed E-state index contributed by atoms with van der Waals surface area (Å²) in [6.07, 6.45) is 3.13. The van der Waals surface area contributed by atoms with E-state index in [1.165, 1.54) is 5.56 Å². The minimum absolute atomic E-state index is 0.126. The van der Waals surface area contributed by atoms with Gasteiger partial charge < -0.3 is 4.90 Å². The minimum Gasteiger partial charge on any atom is -0.312 e. The third-order valence-electron chi connectivity index (χ3n) is 2.32. The average molecular weight is 174 g/mol. The number of carbonyl (C=O) groups is 1. The van der Waals surface area contributed by atoms with Crippen LogP contribution in [0.4, 0.5) is 5.69 Å². The molecule has 0 saturated heterocycles. The quantitative estimate of drug-likeness (QED) is 0.589. The summed E-state index contributed by atoms with van der Waals surface area (Å²) in [5.41, 5.74) is 2.21. The molecular weight excluding hydrogens is 162 g/mol. The second-order valence-electron chi connectivity index (χ2n) is 3.22. The van der Waals surface area contributed by atoms with E-state index in [9.17, 15) is 4.79 Å². The zero-order valence-corrected chi connectivity index (χ0v) is 7.66. The van der Waals surface area contributed by atoms with Gasteiger partial charge in [0, 0.05) is 19.2 Å². The number of fused-ring (bicyclic) bond motifs is 1. The summed E-state index contributed by atoms with van der Waals surface area (Å²) in [7, 11) is 0. The Morgan fingerprint density at radius 3 is 2.92 bits per heavy atom. The average Bonchev–Trinajstić information content (AvgIpc) is 2.17. The number of hydrogen-bond donors (Lipinski definition) is 0. The second-order valence-corrected chi connectivity index (χ2v) is 3.22. The largest absolute Gasteiger partial charge is 0.312 e. The first-order chi connectivity index (χ1) is 6.29. The van der Waals surface area contributed by atoms with Crippen molar-refractivity contribution in [2.24, 2.45) is 0 Å². The Balaban J connectivity index is 2.42. The van der Waals surface area contributed by atoms with Crippen LogP contribution in [0.25, 0.3) is 0 Å². The molecule has 1 aliphatic heterocycles. The molecule has 1 aliphatic rings. The molecule has 0 spiro atoms. The molecule has 2 nitrogen and oxygen atoms in total. The monoisotopic (exact) mass is 174 g/mol. The summed E-state index contributed by atoms with van der Waals surface area (Å²) in [5.74, 6) is 0.126. The molecule has 1 heterocycles. The number of para-hydroxylation sites is 1. The van der Waals surface area contributed by atoms with E-state index in [1.54, 1.807) is 6.92 Å². The molecule has 0 bridgehead atoms. The highest BCUT2D eigenvalue weighted by molar-refractivity contribution is 5.93. The van der Waals surface area contributed by atoms with Crippen LogP contribution < -0.4 is 4.90 Å². The van der Waals surface area contributed by atoms with Crippen LogP contribution in [0.2, 0.25) is 0 Å². The molecule has 0 atom stereocenters. The third kappa shape index (κ3) is 1.44. The fourth-order valence-corrected chi connectivity index (χ4v) is 1.70. The van der Waals surface area contributed by atoms with Crippen LogP contribution in [0, 0.1) is 6.42 Å². The molecule has 0 N–H and O–H groups in total. The maximum atomic E-state index is 11.3. The first kappa shape index (κ1) is 8.30. The van der Waals surface area contributed by atoms with Gasteiger partial charge in [-0.05, 0) is 24.5 Å². The van der Waals surface area contributed by atoms with Crippen LogP contribution in [0.3, 0.4) is 0 Å². The molecule has 2 heteroatoms. The van der Waals surface area contributed by atoms with E-state index >= 15 is 0 Å². The highest BCUT2D eigenvalue weighted by Gasteiger charge is 2.18. The Labute approximate surface area is 78.2 Å². The second kappa shape index (κ2) is 3.21. The van der Waals surface area contributed by atoms with Crippen LogP contribution >= 0.6 is 0 Å². The van der Waals surface area contributed by atoms with E-state index in [0.717, 1.165) is 18.7 Å². The molecule has 0 aliphatic carbocycles. The molecule has 0 aromatic heterocycles. The number of rotatable bonds is 0. The molecule has 2 rings (SSSR count). The van der Waals surface area contributed by atoms with Gasteiger partial charge in [0.15, 0.2) is 0 Å². The first-order valence-electron chi connectivity index (χ1n) is 4.49. The van der Waals surface area contributed by atoms with E-state index in [4.69, 9.17) is 0 Å². The Morgan fingerprint density at radius 1 is 1.38 bits per heavy atom. The Hall–Kier alpha value is -1.31. The van der Waals surface area contributed by atoms with Crippen LogP contribution in [-0.2, 0) is 4.79 Å². The van der Waals surface area contributed by atoms with Crippen LogP contribution in [-0.4, -0.2) is 12.5 Å². The van der Waals surface area contributed by atoms with Crippen LogP contribution in [0.15, 0.2) is 24.3 Å². The number of anilines is 1. The maximum Gasteiger partial charge on any atom is 0.223 e. The molecule has 1 amide bonds. The summed E-state index contributed by atoms with van der Waals surface area (Å²) in [4.78, 5) is 13.1. The van der Waals surface area contributed by atoms with E-state index in [-0.39, 0.29) is 5.91 Å². The number of carbonyl (C=O) groups excluding carboxylic acids is 1. The van der Waals surface area contributed by atoms with Crippen molar-refractivity contribution in [3.8, 4) is 0 Å². The van der Waals surface area contributed by atoms with Crippen LogP contribution in [0.1, 0.15) is 18.9 Å². The smallest absolute Gasteiger partial charge is 0.223 e. The number of benzene rings is 1. The highest BCUT2D eigenvalue weighted by Crippen LogP contribution is 2.27. The molecule has 0 saturated carbocycles. The van der Waals surface area contributed by atoms with E-state index < -0.39 is 0 Å². The molecule has 67 valence electrons. The van der Waals surface area contributed by atoms with Crippen molar-refractivity contribution in [2.45, 2.75) is 13.3 Å². The number of amides is 1. The first-order valence-corrected chi connectivity index (χ1v) is 4.49. The fourth-order valence-electron chi connectivity index (χ4n) is 1.70. The molecule has 1 aromatic carbocycles. The zero-order chi connectivity index (χ0) is 9.26. The summed E-state index contributed by atoms with van der Waals surface area (Å²) < 4.78 is 0. The molecule has 0 fully saturated rings. The lowest BCUT2D eigenvalue weighted by molar-refractivity contribution is -0.116. The van der Waals surface area contributed by atoms with Crippen molar-refractivity contribution in [1.29, 1.82) is 0 Å². The highest BCUT2D eigenvalue weighted by atomic mass is 16.2.